The zero-order valence-corrected chi connectivity index (χ0v) is 24.4. The van der Waals surface area contributed by atoms with Crippen LogP contribution in [0.5, 0.6) is 0 Å². The minimum absolute atomic E-state index is 0.0397. The topological polar surface area (TPSA) is 77.0 Å². The van der Waals surface area contributed by atoms with E-state index in [0.29, 0.717) is 43.9 Å². The third-order valence-corrected chi connectivity index (χ3v) is 9.82. The summed E-state index contributed by atoms with van der Waals surface area (Å²) in [5.74, 6) is 1.65. The first-order chi connectivity index (χ1) is 18.1. The Bertz CT molecular complexity index is 1500. The van der Waals surface area contributed by atoms with Crippen molar-refractivity contribution >= 4 is 52.2 Å². The first-order valence-corrected chi connectivity index (χ1v) is 15.1. The summed E-state index contributed by atoms with van der Waals surface area (Å²) in [6.07, 6.45) is 4.86. The Morgan fingerprint density at radius 1 is 1.21 bits per heavy atom. The van der Waals surface area contributed by atoms with Crippen molar-refractivity contribution in [1.29, 1.82) is 0 Å². The molecule has 0 radical (unpaired) electrons. The number of thioether (sulfide) groups is 1. The summed E-state index contributed by atoms with van der Waals surface area (Å²) in [6.45, 7) is 7.75. The van der Waals surface area contributed by atoms with Gasteiger partial charge in [0.05, 0.1) is 22.7 Å². The number of fused-ring (bicyclic) bond motifs is 2. The maximum atomic E-state index is 13.5. The van der Waals surface area contributed by atoms with Crippen LogP contribution in [0.15, 0.2) is 51.5 Å². The van der Waals surface area contributed by atoms with Gasteiger partial charge in [-0.25, -0.2) is 4.98 Å². The number of halogens is 2. The number of amides is 1. The lowest BCUT2D eigenvalue weighted by molar-refractivity contribution is 0.0703. The monoisotopic (exact) mass is 587 g/mol. The van der Waals surface area contributed by atoms with Crippen molar-refractivity contribution in [3.63, 3.8) is 0 Å². The number of aromatic nitrogens is 4. The highest BCUT2D eigenvalue weighted by Crippen LogP contribution is 2.52. The summed E-state index contributed by atoms with van der Waals surface area (Å²) in [5, 5.41) is 13.2. The van der Waals surface area contributed by atoms with E-state index in [1.165, 1.54) is 23.1 Å². The molecule has 2 atom stereocenters. The van der Waals surface area contributed by atoms with E-state index < -0.39 is 0 Å². The third-order valence-electron chi connectivity index (χ3n) is 7.30. The minimum atomic E-state index is 0.0397. The number of nitrogens with zero attached hydrogens (tertiary/aromatic N) is 5. The number of carbonyl (C=O) groups excluding carboxylic acids is 1. The Morgan fingerprint density at radius 2 is 2.05 bits per heavy atom. The van der Waals surface area contributed by atoms with E-state index in [0.717, 1.165) is 30.8 Å². The van der Waals surface area contributed by atoms with Crippen LogP contribution >= 0.6 is 46.3 Å². The van der Waals surface area contributed by atoms with Gasteiger partial charge >= 0.3 is 0 Å². The largest absolute Gasteiger partial charge is 0.461 e. The number of hydrogen-bond donors (Lipinski definition) is 0. The molecule has 0 N–H and O–H groups in total. The highest BCUT2D eigenvalue weighted by molar-refractivity contribution is 7.98. The van der Waals surface area contributed by atoms with Gasteiger partial charge in [-0.3, -0.25) is 9.36 Å². The van der Waals surface area contributed by atoms with Gasteiger partial charge in [-0.05, 0) is 60.4 Å². The summed E-state index contributed by atoms with van der Waals surface area (Å²) in [7, 11) is 0. The van der Waals surface area contributed by atoms with E-state index in [4.69, 9.17) is 32.6 Å². The number of thiazole rings is 1. The normalized spacial score (nSPS) is 22.2. The number of carbonyl (C=O) groups is 1. The quantitative estimate of drug-likeness (QED) is 0.216. The van der Waals surface area contributed by atoms with E-state index in [9.17, 15) is 4.79 Å². The Kier molecular flexibility index (Phi) is 6.61. The third kappa shape index (κ3) is 4.90. The van der Waals surface area contributed by atoms with Crippen molar-refractivity contribution in [2.45, 2.75) is 57.0 Å². The molecular weight excluding hydrogens is 561 g/mol. The van der Waals surface area contributed by atoms with Gasteiger partial charge in [-0.15, -0.1) is 21.5 Å². The van der Waals surface area contributed by atoms with Gasteiger partial charge in [0, 0.05) is 23.0 Å². The number of benzene rings is 1. The number of hydrogen-bond acceptors (Lipinski definition) is 7. The van der Waals surface area contributed by atoms with Gasteiger partial charge in [-0.2, -0.15) is 0 Å². The molecule has 198 valence electrons. The molecule has 1 aromatic carbocycles. The van der Waals surface area contributed by atoms with Gasteiger partial charge < -0.3 is 9.32 Å². The summed E-state index contributed by atoms with van der Waals surface area (Å²) in [6, 6.07) is 9.16. The average Bonchev–Trinajstić information content (AvgIpc) is 3.64. The predicted octanol–water partition coefficient (Wildman–Crippen LogP) is 7.62. The molecule has 2 aliphatic rings. The van der Waals surface area contributed by atoms with Gasteiger partial charge in [0.1, 0.15) is 10.7 Å². The fourth-order valence-electron chi connectivity index (χ4n) is 6.25. The van der Waals surface area contributed by atoms with Crippen LogP contribution in [0.3, 0.4) is 0 Å². The lowest BCUT2D eigenvalue weighted by Crippen LogP contribution is -2.37. The Morgan fingerprint density at radius 3 is 2.84 bits per heavy atom. The van der Waals surface area contributed by atoms with Crippen molar-refractivity contribution in [1.82, 2.24) is 24.6 Å². The smallest absolute Gasteiger partial charge is 0.273 e. The first kappa shape index (κ1) is 25.9. The van der Waals surface area contributed by atoms with Crippen molar-refractivity contribution < 1.29 is 9.21 Å². The number of rotatable bonds is 6. The molecule has 6 rings (SSSR count). The molecule has 11 heteroatoms. The second-order valence-corrected chi connectivity index (χ2v) is 14.0. The highest BCUT2D eigenvalue weighted by atomic mass is 35.5. The van der Waals surface area contributed by atoms with Crippen molar-refractivity contribution in [2.75, 3.05) is 6.54 Å². The summed E-state index contributed by atoms with van der Waals surface area (Å²) in [4.78, 5) is 20.3. The molecule has 2 bridgehead atoms. The van der Waals surface area contributed by atoms with E-state index in [1.807, 2.05) is 16.0 Å². The molecule has 38 heavy (non-hydrogen) atoms. The number of furan rings is 1. The molecule has 1 aliphatic carbocycles. The standard InChI is InChI=1S/C27H27Cl2N5O2S2/c1-26(2)10-17-11-27(3,14-26)15-33(17)24(35)19-12-37-22(30-19)13-38-25-32-31-23(21-5-4-8-36-21)34(25)20-9-16(28)6-7-18(20)29/h4-9,12,17H,10-11,13-15H2,1-3H3. The molecule has 0 spiro atoms. The molecular formula is C27H27Cl2N5O2S2. The van der Waals surface area contributed by atoms with Crippen LogP contribution in [-0.2, 0) is 5.75 Å². The van der Waals surface area contributed by atoms with E-state index in [1.54, 1.807) is 30.5 Å². The molecule has 2 unspecified atom stereocenters. The lowest BCUT2D eigenvalue weighted by atomic mass is 9.65. The van der Waals surface area contributed by atoms with Gasteiger partial charge in [0.25, 0.3) is 5.91 Å². The molecule has 3 aromatic heterocycles. The van der Waals surface area contributed by atoms with Crippen LogP contribution in [-0.4, -0.2) is 43.1 Å². The van der Waals surface area contributed by atoms with Crippen molar-refractivity contribution in [2.24, 2.45) is 10.8 Å². The highest BCUT2D eigenvalue weighted by Gasteiger charge is 2.51. The Hall–Kier alpha value is -2.33. The molecule has 1 aliphatic heterocycles. The Labute approximate surface area is 239 Å². The SMILES string of the molecule is CC1(C)CC2CC(C)(CN2C(=O)c2csc(CSc3nnc(-c4ccco4)n3-c3cc(Cl)ccc3Cl)n2)C1. The molecule has 2 fully saturated rings. The lowest BCUT2D eigenvalue weighted by Gasteiger charge is -2.39. The van der Waals surface area contributed by atoms with Crippen LogP contribution in [0.4, 0.5) is 0 Å². The fraction of sp³-hybridized carbons (Fsp3) is 0.407. The van der Waals surface area contributed by atoms with Crippen molar-refractivity contribution in [3.8, 4) is 17.3 Å². The summed E-state index contributed by atoms with van der Waals surface area (Å²) >= 11 is 15.8. The fourth-order valence-corrected chi connectivity index (χ4v) is 8.35. The zero-order chi connectivity index (χ0) is 26.7. The second-order valence-electron chi connectivity index (χ2n) is 11.3. The van der Waals surface area contributed by atoms with Crippen LogP contribution in [0.1, 0.15) is 55.5 Å². The van der Waals surface area contributed by atoms with E-state index >= 15 is 0 Å². The molecule has 4 heterocycles. The van der Waals surface area contributed by atoms with Crippen LogP contribution in [0.25, 0.3) is 17.3 Å². The van der Waals surface area contributed by atoms with Gasteiger partial charge in [0.15, 0.2) is 10.9 Å². The summed E-state index contributed by atoms with van der Waals surface area (Å²) in [5.41, 5.74) is 1.63. The maximum Gasteiger partial charge on any atom is 0.273 e. The van der Waals surface area contributed by atoms with Crippen molar-refractivity contribution in [3.05, 3.63) is 62.7 Å². The summed E-state index contributed by atoms with van der Waals surface area (Å²) < 4.78 is 7.43. The maximum absolute atomic E-state index is 13.5. The first-order valence-electron chi connectivity index (χ1n) is 12.4. The number of likely N-dealkylation sites (tertiary alicyclic amines) is 1. The molecule has 1 amide bonds. The van der Waals surface area contributed by atoms with E-state index in [-0.39, 0.29) is 22.8 Å². The van der Waals surface area contributed by atoms with Crippen LogP contribution < -0.4 is 0 Å². The molecule has 1 saturated carbocycles. The van der Waals surface area contributed by atoms with Gasteiger partial charge in [0.2, 0.25) is 5.82 Å². The van der Waals surface area contributed by atoms with Crippen LogP contribution in [0, 0.1) is 10.8 Å². The molecule has 7 nitrogen and oxygen atoms in total. The molecule has 1 saturated heterocycles. The average molecular weight is 589 g/mol. The predicted molar refractivity (Wildman–Crippen MR) is 151 cm³/mol. The van der Waals surface area contributed by atoms with E-state index in [2.05, 4.69) is 35.9 Å². The van der Waals surface area contributed by atoms with Gasteiger partial charge in [-0.1, -0.05) is 55.7 Å². The minimum Gasteiger partial charge on any atom is -0.461 e. The second kappa shape index (κ2) is 9.70. The molecule has 4 aromatic rings. The zero-order valence-electron chi connectivity index (χ0n) is 21.3. The van der Waals surface area contributed by atoms with Crippen LogP contribution in [0.2, 0.25) is 10.0 Å². The Balaban J connectivity index is 1.23.